The normalized spacial score (nSPS) is 47.9. The molecule has 0 amide bonds. The van der Waals surface area contributed by atoms with Crippen LogP contribution in [0.1, 0.15) is 104 Å². The van der Waals surface area contributed by atoms with E-state index in [4.69, 9.17) is 4.74 Å². The highest BCUT2D eigenvalue weighted by molar-refractivity contribution is 5.78. The van der Waals surface area contributed by atoms with E-state index in [9.17, 15) is 9.90 Å². The van der Waals surface area contributed by atoms with Gasteiger partial charge in [-0.25, -0.2) is 0 Å². The zero-order chi connectivity index (χ0) is 30.1. The molecular weight excluding hydrogens is 518 g/mol. The first-order valence-corrected chi connectivity index (χ1v) is 17.0. The van der Waals surface area contributed by atoms with Crippen molar-refractivity contribution in [2.24, 2.45) is 56.7 Å². The standard InChI is InChI=1S/C38H57NO3/c1-25(2)27-15-20-38(33(41)42-7)22-21-36(5)28(32(27)38)13-14-30-34(3)18-17-31(40)35(4,29(34)16-19-37(30,36)6)24-39-23-26-11-9-8-10-12-26/h8-12,27-32,39-40H,1,13-24H2,2-7H3/t27-,28?,29+,30+,31?,32+,34-,35?,36+,37+,38-/m0/s1. The van der Waals surface area contributed by atoms with E-state index < -0.39 is 0 Å². The Bertz CT molecular complexity index is 1200. The van der Waals surface area contributed by atoms with Crippen LogP contribution in [0.25, 0.3) is 0 Å². The number of benzene rings is 1. The van der Waals surface area contributed by atoms with Crippen molar-refractivity contribution in [2.45, 2.75) is 111 Å². The monoisotopic (exact) mass is 575 g/mol. The van der Waals surface area contributed by atoms with Crippen LogP contribution in [-0.4, -0.2) is 30.8 Å². The highest BCUT2D eigenvalue weighted by Gasteiger charge is 2.72. The van der Waals surface area contributed by atoms with Crippen molar-refractivity contribution in [2.75, 3.05) is 13.7 Å². The Hall–Kier alpha value is -1.65. The third kappa shape index (κ3) is 4.09. The minimum atomic E-state index is -0.329. The number of aliphatic hydroxyl groups is 1. The van der Waals surface area contributed by atoms with Gasteiger partial charge in [0.2, 0.25) is 0 Å². The average Bonchev–Trinajstić information content (AvgIpc) is 3.37. The molecule has 6 rings (SSSR count). The summed E-state index contributed by atoms with van der Waals surface area (Å²) in [5.74, 6) is 2.49. The number of esters is 1. The summed E-state index contributed by atoms with van der Waals surface area (Å²) in [6.45, 7) is 18.6. The van der Waals surface area contributed by atoms with Crippen molar-refractivity contribution in [3.05, 3.63) is 48.0 Å². The smallest absolute Gasteiger partial charge is 0.312 e. The van der Waals surface area contributed by atoms with Crippen molar-refractivity contribution in [3.8, 4) is 0 Å². The summed E-state index contributed by atoms with van der Waals surface area (Å²) in [6, 6.07) is 10.7. The van der Waals surface area contributed by atoms with Crippen molar-refractivity contribution < 1.29 is 14.6 Å². The summed E-state index contributed by atoms with van der Waals surface area (Å²) >= 11 is 0. The number of fused-ring (bicyclic) bond motifs is 7. The molecule has 11 atom stereocenters. The minimum absolute atomic E-state index is 0.0429. The van der Waals surface area contributed by atoms with E-state index in [-0.39, 0.29) is 39.1 Å². The number of ether oxygens (including phenoxy) is 1. The van der Waals surface area contributed by atoms with E-state index in [0.717, 1.165) is 51.6 Å². The fourth-order valence-electron chi connectivity index (χ4n) is 12.8. The van der Waals surface area contributed by atoms with Crippen molar-refractivity contribution >= 4 is 5.97 Å². The van der Waals surface area contributed by atoms with Crippen LogP contribution in [0.4, 0.5) is 0 Å². The van der Waals surface area contributed by atoms with Gasteiger partial charge in [0, 0.05) is 18.5 Å². The van der Waals surface area contributed by atoms with Crippen LogP contribution in [0.3, 0.4) is 0 Å². The molecule has 2 N–H and O–H groups in total. The molecular formula is C38H57NO3. The van der Waals surface area contributed by atoms with Crippen LogP contribution < -0.4 is 5.32 Å². The van der Waals surface area contributed by atoms with E-state index in [0.29, 0.717) is 29.6 Å². The maximum atomic E-state index is 13.5. The van der Waals surface area contributed by atoms with E-state index >= 15 is 0 Å². The minimum Gasteiger partial charge on any atom is -0.469 e. The summed E-state index contributed by atoms with van der Waals surface area (Å²) in [4.78, 5) is 13.5. The first-order chi connectivity index (χ1) is 19.9. The molecule has 4 nitrogen and oxygen atoms in total. The molecule has 0 heterocycles. The zero-order valence-corrected chi connectivity index (χ0v) is 27.3. The quantitative estimate of drug-likeness (QED) is 0.267. The maximum Gasteiger partial charge on any atom is 0.312 e. The summed E-state index contributed by atoms with van der Waals surface area (Å²) < 4.78 is 5.55. The van der Waals surface area contributed by atoms with Crippen LogP contribution in [0.15, 0.2) is 42.5 Å². The number of allylic oxidation sites excluding steroid dienone is 1. The molecule has 3 unspecified atom stereocenters. The number of carbonyl (C=O) groups excluding carboxylic acids is 1. The van der Waals surface area contributed by atoms with Crippen LogP contribution in [0, 0.1) is 56.7 Å². The Kier molecular flexibility index (Phi) is 7.57. The van der Waals surface area contributed by atoms with Gasteiger partial charge in [-0.05, 0) is 123 Å². The van der Waals surface area contributed by atoms with Crippen LogP contribution in [0.5, 0.6) is 0 Å². The Balaban J connectivity index is 1.30. The van der Waals surface area contributed by atoms with Crippen molar-refractivity contribution in [1.29, 1.82) is 0 Å². The van der Waals surface area contributed by atoms with Crippen LogP contribution >= 0.6 is 0 Å². The molecule has 0 spiro atoms. The van der Waals surface area contributed by atoms with Gasteiger partial charge in [0.1, 0.15) is 0 Å². The fraction of sp³-hybridized carbons (Fsp3) is 0.763. The molecule has 4 heteroatoms. The number of rotatable bonds is 6. The molecule has 42 heavy (non-hydrogen) atoms. The van der Waals surface area contributed by atoms with Crippen molar-refractivity contribution in [1.82, 2.24) is 5.32 Å². The van der Waals surface area contributed by atoms with Gasteiger partial charge in [-0.3, -0.25) is 4.79 Å². The second kappa shape index (κ2) is 10.5. The predicted octanol–water partition coefficient (Wildman–Crippen LogP) is 7.95. The molecule has 0 aliphatic heterocycles. The van der Waals surface area contributed by atoms with Gasteiger partial charge in [0.05, 0.1) is 18.6 Å². The molecule has 0 aromatic heterocycles. The van der Waals surface area contributed by atoms with E-state index in [1.165, 1.54) is 36.8 Å². The predicted molar refractivity (Wildman–Crippen MR) is 169 cm³/mol. The van der Waals surface area contributed by atoms with Gasteiger partial charge in [-0.15, -0.1) is 0 Å². The first-order valence-electron chi connectivity index (χ1n) is 17.0. The molecule has 0 saturated heterocycles. The number of carbonyl (C=O) groups is 1. The molecule has 5 aliphatic rings. The summed E-state index contributed by atoms with van der Waals surface area (Å²) in [5.41, 5.74) is 2.74. The Morgan fingerprint density at radius 2 is 1.67 bits per heavy atom. The number of hydrogen-bond acceptors (Lipinski definition) is 4. The van der Waals surface area contributed by atoms with Gasteiger partial charge in [-0.1, -0.05) is 70.2 Å². The zero-order valence-electron chi connectivity index (χ0n) is 27.3. The largest absolute Gasteiger partial charge is 0.469 e. The number of methoxy groups -OCH3 is 1. The summed E-state index contributed by atoms with van der Waals surface area (Å²) in [5, 5.41) is 15.3. The lowest BCUT2D eigenvalue weighted by Crippen LogP contribution is -2.68. The van der Waals surface area contributed by atoms with Gasteiger partial charge in [0.15, 0.2) is 0 Å². The highest BCUT2D eigenvalue weighted by Crippen LogP contribution is 2.77. The van der Waals surface area contributed by atoms with Gasteiger partial charge in [-0.2, -0.15) is 0 Å². The topological polar surface area (TPSA) is 58.6 Å². The molecule has 0 radical (unpaired) electrons. The second-order valence-corrected chi connectivity index (χ2v) is 16.5. The van der Waals surface area contributed by atoms with Crippen LogP contribution in [-0.2, 0) is 16.1 Å². The van der Waals surface area contributed by atoms with E-state index in [2.05, 4.69) is 76.8 Å². The lowest BCUT2D eigenvalue weighted by atomic mass is 9.32. The lowest BCUT2D eigenvalue weighted by molar-refractivity contribution is -0.250. The van der Waals surface area contributed by atoms with Gasteiger partial charge >= 0.3 is 5.97 Å². The van der Waals surface area contributed by atoms with E-state index in [1.54, 1.807) is 7.11 Å². The summed E-state index contributed by atoms with van der Waals surface area (Å²) in [6.07, 6.45) is 10.7. The molecule has 5 saturated carbocycles. The molecule has 232 valence electrons. The van der Waals surface area contributed by atoms with Crippen LogP contribution in [0.2, 0.25) is 0 Å². The maximum absolute atomic E-state index is 13.5. The molecule has 5 fully saturated rings. The Morgan fingerprint density at radius 3 is 2.36 bits per heavy atom. The summed E-state index contributed by atoms with van der Waals surface area (Å²) in [7, 11) is 1.60. The number of hydrogen-bond donors (Lipinski definition) is 2. The first kappa shape index (κ1) is 30.4. The molecule has 1 aromatic rings. The average molecular weight is 576 g/mol. The van der Waals surface area contributed by atoms with Gasteiger partial charge in [0.25, 0.3) is 0 Å². The molecule has 0 bridgehead atoms. The third-order valence-electron chi connectivity index (χ3n) is 15.1. The number of aliphatic hydroxyl groups excluding tert-OH is 1. The second-order valence-electron chi connectivity index (χ2n) is 16.5. The fourth-order valence-corrected chi connectivity index (χ4v) is 12.8. The highest BCUT2D eigenvalue weighted by atomic mass is 16.5. The van der Waals surface area contributed by atoms with Crippen molar-refractivity contribution in [3.63, 3.8) is 0 Å². The SMILES string of the molecule is C=C(C)[C@@H]1CC[C@]2(C(=O)OC)CC[C@]3(C)C(CC[C@@H]4[C@@]5(C)CCC(O)C(C)(CNCc6ccccc6)[C@@H]5CC[C@]43C)[C@@H]12. The third-order valence-corrected chi connectivity index (χ3v) is 15.1. The Morgan fingerprint density at radius 1 is 0.929 bits per heavy atom. The number of nitrogens with one attached hydrogen (secondary N) is 1. The Labute approximate surface area is 255 Å². The molecule has 5 aliphatic carbocycles. The lowest BCUT2D eigenvalue weighted by Gasteiger charge is -2.73. The molecule has 1 aromatic carbocycles. The van der Waals surface area contributed by atoms with Gasteiger partial charge < -0.3 is 15.2 Å². The van der Waals surface area contributed by atoms with E-state index in [1.807, 2.05) is 0 Å².